The van der Waals surface area contributed by atoms with E-state index >= 15 is 0 Å². The molecule has 1 heterocycles. The number of nitrogens with one attached hydrogen (secondary N) is 1. The minimum Gasteiger partial charge on any atom is -0.483 e. The van der Waals surface area contributed by atoms with Gasteiger partial charge in [0.2, 0.25) is 0 Å². The number of halogens is 7. The lowest BCUT2D eigenvalue weighted by Crippen LogP contribution is -2.20. The molecule has 0 fully saturated rings. The van der Waals surface area contributed by atoms with E-state index in [0.717, 1.165) is 6.07 Å². The number of benzene rings is 2. The van der Waals surface area contributed by atoms with Crippen LogP contribution in [0, 0.1) is 5.82 Å². The third kappa shape index (κ3) is 4.58. The zero-order valence-electron chi connectivity index (χ0n) is 14.0. The van der Waals surface area contributed by atoms with Crippen LogP contribution in [0.15, 0.2) is 40.9 Å². The molecule has 0 saturated carbocycles. The Labute approximate surface area is 157 Å². The molecule has 0 unspecified atom stereocenters. The fourth-order valence-electron chi connectivity index (χ4n) is 2.45. The minimum absolute atomic E-state index is 0.0740. The number of carbonyl (C=O) groups is 1. The summed E-state index contributed by atoms with van der Waals surface area (Å²) in [5.41, 5.74) is -2.52. The van der Waals surface area contributed by atoms with Gasteiger partial charge in [0, 0.05) is 0 Å². The van der Waals surface area contributed by atoms with Crippen LogP contribution >= 0.6 is 0 Å². The van der Waals surface area contributed by atoms with Crippen LogP contribution in [0.5, 0.6) is 5.75 Å². The highest BCUT2D eigenvalue weighted by Gasteiger charge is 2.36. The Balaban J connectivity index is 1.96. The van der Waals surface area contributed by atoms with Gasteiger partial charge in [-0.1, -0.05) is 11.2 Å². The highest BCUT2D eigenvalue weighted by atomic mass is 19.4. The Morgan fingerprint density at radius 2 is 1.83 bits per heavy atom. The van der Waals surface area contributed by atoms with Gasteiger partial charge >= 0.3 is 12.4 Å². The molecule has 3 rings (SSSR count). The maximum Gasteiger partial charge on any atom is 0.422 e. The fourth-order valence-corrected chi connectivity index (χ4v) is 2.45. The van der Waals surface area contributed by atoms with E-state index in [2.05, 4.69) is 9.89 Å². The van der Waals surface area contributed by atoms with Crippen LogP contribution in [-0.2, 0) is 6.18 Å². The average molecular weight is 422 g/mol. The zero-order valence-corrected chi connectivity index (χ0v) is 14.0. The van der Waals surface area contributed by atoms with Crippen LogP contribution in [0.3, 0.4) is 0 Å². The summed E-state index contributed by atoms with van der Waals surface area (Å²) in [6.45, 7) is -1.65. The van der Waals surface area contributed by atoms with E-state index in [0.29, 0.717) is 12.1 Å². The normalized spacial score (nSPS) is 12.2. The van der Waals surface area contributed by atoms with Crippen LogP contribution in [0.25, 0.3) is 11.0 Å². The van der Waals surface area contributed by atoms with Gasteiger partial charge in [-0.15, -0.1) is 0 Å². The number of carbonyl (C=O) groups excluding carboxylic acids is 1. The highest BCUT2D eigenvalue weighted by Crippen LogP contribution is 2.35. The van der Waals surface area contributed by atoms with E-state index < -0.39 is 47.6 Å². The molecule has 0 aliphatic carbocycles. The molecule has 0 aliphatic rings. The molecular weight excluding hydrogens is 413 g/mol. The van der Waals surface area contributed by atoms with Crippen molar-refractivity contribution in [3.05, 3.63) is 53.3 Å². The van der Waals surface area contributed by atoms with Gasteiger partial charge in [0.1, 0.15) is 17.0 Å². The minimum atomic E-state index is -5.03. The maximum absolute atomic E-state index is 13.2. The van der Waals surface area contributed by atoms with Gasteiger partial charge < -0.3 is 14.6 Å². The molecule has 3 aromatic rings. The molecule has 29 heavy (non-hydrogen) atoms. The Morgan fingerprint density at radius 1 is 1.10 bits per heavy atom. The summed E-state index contributed by atoms with van der Waals surface area (Å²) in [6, 6.07) is 5.16. The van der Waals surface area contributed by atoms with Crippen LogP contribution in [0.2, 0.25) is 0 Å². The largest absolute Gasteiger partial charge is 0.483 e. The number of ether oxygens (including phenoxy) is 1. The van der Waals surface area contributed by atoms with Crippen LogP contribution in [0.1, 0.15) is 15.9 Å². The summed E-state index contributed by atoms with van der Waals surface area (Å²) < 4.78 is 99.2. The van der Waals surface area contributed by atoms with Gasteiger partial charge in [-0.25, -0.2) is 4.39 Å². The smallest absolute Gasteiger partial charge is 0.422 e. The van der Waals surface area contributed by atoms with Gasteiger partial charge in [-0.05, 0) is 30.3 Å². The van der Waals surface area contributed by atoms with Gasteiger partial charge in [0.15, 0.2) is 18.0 Å². The quantitative estimate of drug-likeness (QED) is 0.589. The molecule has 2 aromatic carbocycles. The number of alkyl halides is 6. The second-order valence-corrected chi connectivity index (χ2v) is 5.71. The number of aromatic nitrogens is 1. The summed E-state index contributed by atoms with van der Waals surface area (Å²) in [4.78, 5) is 12.3. The molecule has 5 nitrogen and oxygen atoms in total. The molecule has 0 aliphatic heterocycles. The van der Waals surface area contributed by atoms with E-state index in [1.54, 1.807) is 0 Å². The number of fused-ring (bicyclic) bond motifs is 1. The van der Waals surface area contributed by atoms with Crippen molar-refractivity contribution in [1.82, 2.24) is 5.16 Å². The SMILES string of the molecule is O=C(Nc1noc2cccc(OCC(F)(F)F)c12)c1ccc(F)cc1C(F)(F)F. The topological polar surface area (TPSA) is 64.4 Å². The lowest BCUT2D eigenvalue weighted by Gasteiger charge is -2.13. The van der Waals surface area contributed by atoms with E-state index in [-0.39, 0.29) is 22.8 Å². The van der Waals surface area contributed by atoms with E-state index in [1.165, 1.54) is 12.1 Å². The lowest BCUT2D eigenvalue weighted by molar-refractivity contribution is -0.153. The molecule has 154 valence electrons. The lowest BCUT2D eigenvalue weighted by atomic mass is 10.1. The second kappa shape index (κ2) is 7.26. The monoisotopic (exact) mass is 422 g/mol. The standard InChI is InChI=1S/C17H9F7N2O3/c18-8-4-5-9(10(6-8)17(22,23)24)15(27)25-14-13-11(28-7-16(19,20)21)2-1-3-12(13)29-26-14/h1-6H,7H2,(H,25,26,27). The first-order valence-electron chi connectivity index (χ1n) is 7.72. The van der Waals surface area contributed by atoms with Crippen LogP contribution in [0.4, 0.5) is 36.6 Å². The van der Waals surface area contributed by atoms with Crippen molar-refractivity contribution in [3.63, 3.8) is 0 Å². The Bertz CT molecular complexity index is 1060. The third-order valence-corrected chi connectivity index (χ3v) is 3.61. The molecule has 0 spiro atoms. The van der Waals surface area contributed by atoms with Crippen molar-refractivity contribution in [1.29, 1.82) is 0 Å². The van der Waals surface area contributed by atoms with Crippen molar-refractivity contribution in [2.75, 3.05) is 11.9 Å². The Hall–Kier alpha value is -3.31. The number of hydrogen-bond acceptors (Lipinski definition) is 4. The van der Waals surface area contributed by atoms with E-state index in [9.17, 15) is 35.5 Å². The summed E-state index contributed by atoms with van der Waals surface area (Å²) in [6.07, 6.45) is -9.68. The molecule has 1 N–H and O–H groups in total. The number of nitrogens with zero attached hydrogens (tertiary/aromatic N) is 1. The average Bonchev–Trinajstić information content (AvgIpc) is 3.02. The first kappa shape index (κ1) is 20.4. The third-order valence-electron chi connectivity index (χ3n) is 3.61. The molecule has 0 atom stereocenters. The van der Waals surface area contributed by atoms with Crippen LogP contribution in [-0.4, -0.2) is 23.8 Å². The predicted octanol–water partition coefficient (Wildman–Crippen LogP) is 5.18. The van der Waals surface area contributed by atoms with E-state index in [4.69, 9.17) is 4.52 Å². The number of hydrogen-bond donors (Lipinski definition) is 1. The first-order valence-corrected chi connectivity index (χ1v) is 7.72. The van der Waals surface area contributed by atoms with Gasteiger partial charge in [0.25, 0.3) is 5.91 Å². The van der Waals surface area contributed by atoms with Crippen molar-refractivity contribution in [2.45, 2.75) is 12.4 Å². The van der Waals surface area contributed by atoms with Crippen molar-refractivity contribution in [2.24, 2.45) is 0 Å². The molecule has 0 radical (unpaired) electrons. The zero-order chi connectivity index (χ0) is 21.4. The van der Waals surface area contributed by atoms with Crippen molar-refractivity contribution >= 4 is 22.7 Å². The Kier molecular flexibility index (Phi) is 5.11. The Morgan fingerprint density at radius 3 is 2.48 bits per heavy atom. The van der Waals surface area contributed by atoms with Crippen molar-refractivity contribution < 1.29 is 44.8 Å². The van der Waals surface area contributed by atoms with Gasteiger partial charge in [-0.2, -0.15) is 26.3 Å². The molecule has 1 aromatic heterocycles. The van der Waals surface area contributed by atoms with Crippen LogP contribution < -0.4 is 10.1 Å². The van der Waals surface area contributed by atoms with Crippen molar-refractivity contribution in [3.8, 4) is 5.75 Å². The maximum atomic E-state index is 13.2. The molecule has 0 bridgehead atoms. The summed E-state index contributed by atoms with van der Waals surface area (Å²) in [5.74, 6) is -3.34. The second-order valence-electron chi connectivity index (χ2n) is 5.71. The summed E-state index contributed by atoms with van der Waals surface area (Å²) >= 11 is 0. The molecule has 1 amide bonds. The van der Waals surface area contributed by atoms with E-state index in [1.807, 2.05) is 5.32 Å². The molecule has 0 saturated heterocycles. The van der Waals surface area contributed by atoms with Gasteiger partial charge in [-0.3, -0.25) is 4.79 Å². The fraction of sp³-hybridized carbons (Fsp3) is 0.176. The van der Waals surface area contributed by atoms with Gasteiger partial charge in [0.05, 0.1) is 11.1 Å². The molecular formula is C17H9F7N2O3. The number of amides is 1. The predicted molar refractivity (Wildman–Crippen MR) is 84.9 cm³/mol. The summed E-state index contributed by atoms with van der Waals surface area (Å²) in [5, 5.41) is 5.30. The summed E-state index contributed by atoms with van der Waals surface area (Å²) in [7, 11) is 0. The number of rotatable bonds is 4. The highest BCUT2D eigenvalue weighted by molar-refractivity contribution is 6.09. The molecule has 12 heteroatoms. The first-order chi connectivity index (χ1) is 13.5. The number of anilines is 1.